The van der Waals surface area contributed by atoms with Gasteiger partial charge in [-0.25, -0.2) is 9.97 Å². The van der Waals surface area contributed by atoms with Crippen LogP contribution in [0, 0.1) is 6.92 Å². The molecule has 2 N–H and O–H groups in total. The van der Waals surface area contributed by atoms with Crippen molar-refractivity contribution in [3.05, 3.63) is 53.7 Å². The van der Waals surface area contributed by atoms with Crippen LogP contribution in [0.5, 0.6) is 0 Å². The van der Waals surface area contributed by atoms with Crippen molar-refractivity contribution < 1.29 is 0 Å². The minimum atomic E-state index is 0.0544. The molecule has 3 heterocycles. The number of nitrogens with one attached hydrogen (secondary N) is 2. The van der Waals surface area contributed by atoms with Crippen LogP contribution in [0.1, 0.15) is 49.9 Å². The monoisotopic (exact) mass is 322 g/mol. The molecule has 6 nitrogen and oxygen atoms in total. The number of aromatic nitrogens is 5. The van der Waals surface area contributed by atoms with Gasteiger partial charge in [0.1, 0.15) is 17.3 Å². The van der Waals surface area contributed by atoms with Gasteiger partial charge in [0.25, 0.3) is 0 Å². The van der Waals surface area contributed by atoms with E-state index >= 15 is 0 Å². The van der Waals surface area contributed by atoms with Crippen LogP contribution in [0.3, 0.4) is 0 Å². The molecule has 0 radical (unpaired) electrons. The van der Waals surface area contributed by atoms with Gasteiger partial charge in [0.2, 0.25) is 0 Å². The molecule has 24 heavy (non-hydrogen) atoms. The molecule has 0 bridgehead atoms. The molecule has 0 spiro atoms. The summed E-state index contributed by atoms with van der Waals surface area (Å²) in [4.78, 5) is 13.4. The van der Waals surface area contributed by atoms with Gasteiger partial charge in [-0.3, -0.25) is 10.1 Å². The maximum atomic E-state index is 4.51. The summed E-state index contributed by atoms with van der Waals surface area (Å²) >= 11 is 0. The van der Waals surface area contributed by atoms with Crippen LogP contribution in [-0.2, 0) is 0 Å². The van der Waals surface area contributed by atoms with E-state index in [9.17, 15) is 0 Å². The second-order valence-corrected chi connectivity index (χ2v) is 6.17. The molecular formula is C18H22N6. The highest BCUT2D eigenvalue weighted by molar-refractivity contribution is 5.59. The summed E-state index contributed by atoms with van der Waals surface area (Å²) < 4.78 is 0. The maximum absolute atomic E-state index is 4.51. The van der Waals surface area contributed by atoms with Gasteiger partial charge in [-0.1, -0.05) is 19.9 Å². The van der Waals surface area contributed by atoms with Crippen LogP contribution in [0.4, 0.5) is 5.82 Å². The number of aryl methyl sites for hydroxylation is 1. The first-order valence-corrected chi connectivity index (χ1v) is 8.11. The van der Waals surface area contributed by atoms with Crippen molar-refractivity contribution in [3.63, 3.8) is 0 Å². The van der Waals surface area contributed by atoms with Crippen LogP contribution in [0.25, 0.3) is 11.4 Å². The molecule has 3 rings (SSSR count). The highest BCUT2D eigenvalue weighted by Gasteiger charge is 2.12. The third-order valence-electron chi connectivity index (χ3n) is 3.82. The molecular weight excluding hydrogens is 300 g/mol. The third-order valence-corrected chi connectivity index (χ3v) is 3.82. The summed E-state index contributed by atoms with van der Waals surface area (Å²) in [6.45, 7) is 8.20. The maximum Gasteiger partial charge on any atom is 0.130 e. The van der Waals surface area contributed by atoms with Crippen molar-refractivity contribution in [2.45, 2.75) is 39.7 Å². The number of rotatable bonds is 5. The Morgan fingerprint density at radius 2 is 1.88 bits per heavy atom. The van der Waals surface area contributed by atoms with Gasteiger partial charge in [-0.15, -0.1) is 0 Å². The standard InChI is InChI=1S/C18H22N6/c1-11(2)15-9-17(24-23-15)16-10-18(22-13(4)21-16)20-12(3)14-7-5-6-8-19-14/h5-12H,1-4H3,(H,23,24)(H,20,21,22). The average Bonchev–Trinajstić information content (AvgIpc) is 3.05. The largest absolute Gasteiger partial charge is 0.362 e. The lowest BCUT2D eigenvalue weighted by Gasteiger charge is -2.14. The van der Waals surface area contributed by atoms with Gasteiger partial charge in [-0.05, 0) is 38.0 Å². The van der Waals surface area contributed by atoms with Gasteiger partial charge >= 0.3 is 0 Å². The first-order valence-electron chi connectivity index (χ1n) is 8.11. The van der Waals surface area contributed by atoms with E-state index in [0.717, 1.165) is 28.6 Å². The zero-order chi connectivity index (χ0) is 17.1. The van der Waals surface area contributed by atoms with Crippen molar-refractivity contribution in [1.29, 1.82) is 0 Å². The number of aromatic amines is 1. The summed E-state index contributed by atoms with van der Waals surface area (Å²) in [6.07, 6.45) is 1.79. The molecule has 6 heteroatoms. The van der Waals surface area contributed by atoms with E-state index in [0.29, 0.717) is 11.7 Å². The summed E-state index contributed by atoms with van der Waals surface area (Å²) in [6, 6.07) is 9.90. The Kier molecular flexibility index (Phi) is 4.55. The van der Waals surface area contributed by atoms with Crippen LogP contribution in [0.15, 0.2) is 36.5 Å². The van der Waals surface area contributed by atoms with Crippen LogP contribution < -0.4 is 5.32 Å². The predicted molar refractivity (Wildman–Crippen MR) is 94.7 cm³/mol. The normalized spacial score (nSPS) is 12.4. The second-order valence-electron chi connectivity index (χ2n) is 6.17. The summed E-state index contributed by atoms with van der Waals surface area (Å²) in [5.41, 5.74) is 3.70. The summed E-state index contributed by atoms with van der Waals surface area (Å²) in [7, 11) is 0. The number of pyridine rings is 1. The van der Waals surface area contributed by atoms with Gasteiger partial charge in [-0.2, -0.15) is 5.10 Å². The first kappa shape index (κ1) is 16.1. The number of nitrogens with zero attached hydrogens (tertiary/aromatic N) is 4. The number of H-pyrrole nitrogens is 1. The van der Waals surface area contributed by atoms with E-state index in [1.165, 1.54) is 0 Å². The Morgan fingerprint density at radius 3 is 2.54 bits per heavy atom. The quantitative estimate of drug-likeness (QED) is 0.745. The molecule has 3 aromatic heterocycles. The molecule has 0 fully saturated rings. The van der Waals surface area contributed by atoms with Crippen molar-refractivity contribution in [2.24, 2.45) is 0 Å². The molecule has 0 saturated heterocycles. The Hall–Kier alpha value is -2.76. The van der Waals surface area contributed by atoms with Crippen molar-refractivity contribution >= 4 is 5.82 Å². The zero-order valence-corrected chi connectivity index (χ0v) is 14.4. The van der Waals surface area contributed by atoms with E-state index in [2.05, 4.69) is 51.2 Å². The van der Waals surface area contributed by atoms with Crippen molar-refractivity contribution in [3.8, 4) is 11.4 Å². The lowest BCUT2D eigenvalue weighted by atomic mass is 10.1. The molecule has 1 unspecified atom stereocenters. The fraction of sp³-hybridized carbons (Fsp3) is 0.333. The third kappa shape index (κ3) is 3.59. The van der Waals surface area contributed by atoms with Gasteiger partial charge in [0.15, 0.2) is 0 Å². The van der Waals surface area contributed by atoms with Crippen molar-refractivity contribution in [2.75, 3.05) is 5.32 Å². The molecule has 3 aromatic rings. The first-order chi connectivity index (χ1) is 11.5. The van der Waals surface area contributed by atoms with Gasteiger partial charge in [0, 0.05) is 18.0 Å². The lowest BCUT2D eigenvalue weighted by molar-refractivity contribution is 0.810. The van der Waals surface area contributed by atoms with E-state index in [-0.39, 0.29) is 6.04 Å². The van der Waals surface area contributed by atoms with Crippen LogP contribution in [-0.4, -0.2) is 25.1 Å². The zero-order valence-electron chi connectivity index (χ0n) is 14.4. The molecule has 0 aliphatic heterocycles. The molecule has 0 aliphatic rings. The predicted octanol–water partition coefficient (Wildman–Crippen LogP) is 3.87. The number of hydrogen-bond acceptors (Lipinski definition) is 5. The van der Waals surface area contributed by atoms with E-state index in [4.69, 9.17) is 0 Å². The molecule has 0 amide bonds. The summed E-state index contributed by atoms with van der Waals surface area (Å²) in [5.74, 6) is 1.87. The fourth-order valence-electron chi connectivity index (χ4n) is 2.46. The smallest absolute Gasteiger partial charge is 0.130 e. The Morgan fingerprint density at radius 1 is 1.04 bits per heavy atom. The van der Waals surface area contributed by atoms with Crippen LogP contribution in [0.2, 0.25) is 0 Å². The second kappa shape index (κ2) is 6.78. The SMILES string of the molecule is Cc1nc(NC(C)c2ccccn2)cc(-c2cc(C(C)C)[nH]n2)n1. The fourth-order valence-corrected chi connectivity index (χ4v) is 2.46. The van der Waals surface area contributed by atoms with Gasteiger partial charge in [0.05, 0.1) is 17.4 Å². The molecule has 0 saturated carbocycles. The van der Waals surface area contributed by atoms with E-state index in [1.54, 1.807) is 6.20 Å². The van der Waals surface area contributed by atoms with Crippen LogP contribution >= 0.6 is 0 Å². The topological polar surface area (TPSA) is 79.4 Å². The number of anilines is 1. The van der Waals surface area contributed by atoms with E-state index in [1.807, 2.05) is 37.3 Å². The Bertz CT molecular complexity index is 809. The Labute approximate surface area is 141 Å². The molecule has 0 aliphatic carbocycles. The van der Waals surface area contributed by atoms with E-state index < -0.39 is 0 Å². The highest BCUT2D eigenvalue weighted by Crippen LogP contribution is 2.23. The summed E-state index contributed by atoms with van der Waals surface area (Å²) in [5, 5.41) is 10.8. The average molecular weight is 322 g/mol. The molecule has 0 aromatic carbocycles. The lowest BCUT2D eigenvalue weighted by Crippen LogP contribution is -2.10. The number of hydrogen-bond donors (Lipinski definition) is 2. The Balaban J connectivity index is 1.86. The van der Waals surface area contributed by atoms with Crippen molar-refractivity contribution in [1.82, 2.24) is 25.1 Å². The minimum absolute atomic E-state index is 0.0544. The molecule has 1 atom stereocenters. The highest BCUT2D eigenvalue weighted by atomic mass is 15.1. The van der Waals surface area contributed by atoms with Gasteiger partial charge < -0.3 is 5.32 Å². The minimum Gasteiger partial charge on any atom is -0.362 e. The molecule has 124 valence electrons.